The molecule has 1 aromatic heterocycles. The van der Waals surface area contributed by atoms with Crippen molar-refractivity contribution in [1.82, 2.24) is 4.90 Å². The number of β-amino-alcohol motifs (C(OH)–C–C–N with tert-alkyl or cyclic N) is 1. The van der Waals surface area contributed by atoms with E-state index >= 15 is 0 Å². The van der Waals surface area contributed by atoms with Gasteiger partial charge < -0.3 is 14.3 Å². The summed E-state index contributed by atoms with van der Waals surface area (Å²) in [5.74, 6) is -0.535. The third-order valence-corrected chi connectivity index (χ3v) is 6.07. The van der Waals surface area contributed by atoms with Crippen molar-refractivity contribution in [3.8, 4) is 11.3 Å². The first kappa shape index (κ1) is 21.4. The first-order valence-electron chi connectivity index (χ1n) is 10.8. The highest BCUT2D eigenvalue weighted by Gasteiger charge is 2.48. The van der Waals surface area contributed by atoms with Crippen molar-refractivity contribution in [2.75, 3.05) is 20.2 Å². The molecule has 1 saturated heterocycles. The fraction of sp³-hybridized carbons (Fsp3) is 0.222. The maximum Gasteiger partial charge on any atom is 0.340 e. The molecule has 1 aliphatic heterocycles. The van der Waals surface area contributed by atoms with Gasteiger partial charge in [-0.1, -0.05) is 42.5 Å². The van der Waals surface area contributed by atoms with Crippen LogP contribution in [-0.4, -0.2) is 41.8 Å². The van der Waals surface area contributed by atoms with Gasteiger partial charge in [-0.3, -0.25) is 4.90 Å². The standard InChI is InChI=1S/C27H24FNO4/c1-32-26(30)27(31)16-29(17-27)15-20-7-9-22(23(28)13-20)25-14-21-12-19(8-10-24(21)33-25)11-18-5-3-2-4-6-18/h2-10,12-14,31H,11,15-17H2,1H3. The molecular formula is C27H24FNO4. The molecule has 1 N–H and O–H groups in total. The lowest BCUT2D eigenvalue weighted by Crippen LogP contribution is -2.65. The summed E-state index contributed by atoms with van der Waals surface area (Å²) >= 11 is 0. The number of benzene rings is 3. The Kier molecular flexibility index (Phi) is 5.48. The van der Waals surface area contributed by atoms with Gasteiger partial charge in [0.2, 0.25) is 0 Å². The van der Waals surface area contributed by atoms with Gasteiger partial charge >= 0.3 is 5.97 Å². The number of hydrogen-bond acceptors (Lipinski definition) is 5. The number of esters is 1. The van der Waals surface area contributed by atoms with Crippen molar-refractivity contribution >= 4 is 16.9 Å². The Balaban J connectivity index is 1.31. The quantitative estimate of drug-likeness (QED) is 0.441. The van der Waals surface area contributed by atoms with E-state index in [1.165, 1.54) is 24.3 Å². The van der Waals surface area contributed by atoms with Crippen molar-refractivity contribution < 1.29 is 23.4 Å². The molecule has 0 saturated carbocycles. The van der Waals surface area contributed by atoms with Crippen LogP contribution in [0.4, 0.5) is 4.39 Å². The number of likely N-dealkylation sites (tertiary alicyclic amines) is 1. The molecule has 6 heteroatoms. The van der Waals surface area contributed by atoms with Crippen LogP contribution >= 0.6 is 0 Å². The fourth-order valence-corrected chi connectivity index (χ4v) is 4.41. The average molecular weight is 445 g/mol. The van der Waals surface area contributed by atoms with Gasteiger partial charge in [0.05, 0.1) is 12.7 Å². The number of hydrogen-bond donors (Lipinski definition) is 1. The number of methoxy groups -OCH3 is 1. The zero-order valence-corrected chi connectivity index (χ0v) is 18.3. The summed E-state index contributed by atoms with van der Waals surface area (Å²) in [4.78, 5) is 13.4. The van der Waals surface area contributed by atoms with Crippen LogP contribution < -0.4 is 0 Å². The van der Waals surface area contributed by atoms with Gasteiger partial charge in [-0.15, -0.1) is 0 Å². The van der Waals surface area contributed by atoms with Crippen LogP contribution in [0.2, 0.25) is 0 Å². The number of carbonyl (C=O) groups is 1. The zero-order chi connectivity index (χ0) is 23.0. The fourth-order valence-electron chi connectivity index (χ4n) is 4.41. The minimum Gasteiger partial charge on any atom is -0.467 e. The molecule has 1 aliphatic rings. The highest BCUT2D eigenvalue weighted by molar-refractivity contribution is 5.83. The maximum atomic E-state index is 14.9. The van der Waals surface area contributed by atoms with E-state index in [0.29, 0.717) is 23.5 Å². The second-order valence-corrected chi connectivity index (χ2v) is 8.63. The molecule has 5 nitrogen and oxygen atoms in total. The normalized spacial score (nSPS) is 15.4. The average Bonchev–Trinajstić information content (AvgIpc) is 3.21. The second-order valence-electron chi connectivity index (χ2n) is 8.63. The number of carbonyl (C=O) groups excluding carboxylic acids is 1. The second kappa shape index (κ2) is 8.46. The molecule has 0 radical (unpaired) electrons. The molecule has 33 heavy (non-hydrogen) atoms. The van der Waals surface area contributed by atoms with E-state index in [4.69, 9.17) is 4.42 Å². The molecule has 0 aliphatic carbocycles. The smallest absolute Gasteiger partial charge is 0.340 e. The number of furan rings is 1. The van der Waals surface area contributed by atoms with Gasteiger partial charge in [0, 0.05) is 25.0 Å². The Bertz CT molecular complexity index is 1310. The van der Waals surface area contributed by atoms with E-state index in [1.54, 1.807) is 6.07 Å². The lowest BCUT2D eigenvalue weighted by Gasteiger charge is -2.44. The van der Waals surface area contributed by atoms with Gasteiger partial charge in [-0.05, 0) is 53.4 Å². The van der Waals surface area contributed by atoms with Crippen LogP contribution in [-0.2, 0) is 22.5 Å². The Labute approximate surface area is 191 Å². The van der Waals surface area contributed by atoms with E-state index in [2.05, 4.69) is 22.9 Å². The summed E-state index contributed by atoms with van der Waals surface area (Å²) in [6.45, 7) is 0.759. The molecule has 3 aromatic carbocycles. The number of ether oxygens (including phenoxy) is 1. The molecule has 0 atom stereocenters. The van der Waals surface area contributed by atoms with Crippen LogP contribution in [0.15, 0.2) is 77.2 Å². The van der Waals surface area contributed by atoms with Gasteiger partial charge in [0.1, 0.15) is 17.2 Å². The van der Waals surface area contributed by atoms with Crippen molar-refractivity contribution in [3.63, 3.8) is 0 Å². The zero-order valence-electron chi connectivity index (χ0n) is 18.3. The first-order valence-corrected chi connectivity index (χ1v) is 10.8. The van der Waals surface area contributed by atoms with Gasteiger partial charge in [0.25, 0.3) is 0 Å². The summed E-state index contributed by atoms with van der Waals surface area (Å²) in [5, 5.41) is 11.1. The minimum absolute atomic E-state index is 0.165. The van der Waals surface area contributed by atoms with Crippen molar-refractivity contribution in [2.24, 2.45) is 0 Å². The number of fused-ring (bicyclic) bond motifs is 1. The number of rotatable bonds is 6. The van der Waals surface area contributed by atoms with Crippen molar-refractivity contribution in [3.05, 3.63) is 95.3 Å². The Hall–Kier alpha value is -3.48. The summed E-state index contributed by atoms with van der Waals surface area (Å²) < 4.78 is 25.5. The Morgan fingerprint density at radius 2 is 1.79 bits per heavy atom. The summed E-state index contributed by atoms with van der Waals surface area (Å²) in [6.07, 6.45) is 0.821. The molecule has 0 bridgehead atoms. The van der Waals surface area contributed by atoms with Gasteiger partial charge in [0.15, 0.2) is 5.60 Å². The van der Waals surface area contributed by atoms with E-state index in [-0.39, 0.29) is 18.9 Å². The van der Waals surface area contributed by atoms with Crippen molar-refractivity contribution in [1.29, 1.82) is 0 Å². The lowest BCUT2D eigenvalue weighted by molar-refractivity contribution is -0.182. The van der Waals surface area contributed by atoms with E-state index in [1.807, 2.05) is 47.4 Å². The van der Waals surface area contributed by atoms with Gasteiger partial charge in [-0.25, -0.2) is 9.18 Å². The third-order valence-electron chi connectivity index (χ3n) is 6.07. The summed E-state index contributed by atoms with van der Waals surface area (Å²) in [5.41, 5.74) is 2.79. The monoisotopic (exact) mass is 445 g/mol. The molecule has 0 amide bonds. The molecule has 1 fully saturated rings. The Morgan fingerprint density at radius 3 is 2.52 bits per heavy atom. The largest absolute Gasteiger partial charge is 0.467 e. The maximum absolute atomic E-state index is 14.9. The SMILES string of the molecule is COC(=O)C1(O)CN(Cc2ccc(-c3cc4cc(Cc5ccccc5)ccc4o3)c(F)c2)C1. The minimum atomic E-state index is -1.47. The van der Waals surface area contributed by atoms with Crippen LogP contribution in [0.5, 0.6) is 0 Å². The number of aliphatic hydroxyl groups is 1. The van der Waals surface area contributed by atoms with Crippen LogP contribution in [0.3, 0.4) is 0 Å². The van der Waals surface area contributed by atoms with Crippen LogP contribution in [0, 0.1) is 5.82 Å². The first-order chi connectivity index (χ1) is 15.9. The molecule has 168 valence electrons. The summed E-state index contributed by atoms with van der Waals surface area (Å²) in [6, 6.07) is 23.2. The highest BCUT2D eigenvalue weighted by atomic mass is 19.1. The predicted molar refractivity (Wildman–Crippen MR) is 123 cm³/mol. The van der Waals surface area contributed by atoms with E-state index in [9.17, 15) is 14.3 Å². The third kappa shape index (κ3) is 4.27. The molecule has 0 unspecified atom stereocenters. The number of halogens is 1. The molecular weight excluding hydrogens is 421 g/mol. The van der Waals surface area contributed by atoms with Crippen LogP contribution in [0.1, 0.15) is 16.7 Å². The number of nitrogens with zero attached hydrogens (tertiary/aromatic N) is 1. The molecule has 5 rings (SSSR count). The topological polar surface area (TPSA) is 62.9 Å². The Morgan fingerprint density at radius 1 is 1.03 bits per heavy atom. The van der Waals surface area contributed by atoms with Gasteiger partial charge in [-0.2, -0.15) is 0 Å². The molecule has 0 spiro atoms. The predicted octanol–water partition coefficient (Wildman–Crippen LogP) is 4.55. The lowest BCUT2D eigenvalue weighted by atomic mass is 9.93. The molecule has 4 aromatic rings. The summed E-state index contributed by atoms with van der Waals surface area (Å²) in [7, 11) is 1.25. The van der Waals surface area contributed by atoms with Crippen molar-refractivity contribution in [2.45, 2.75) is 18.6 Å². The van der Waals surface area contributed by atoms with Crippen LogP contribution in [0.25, 0.3) is 22.3 Å². The molecule has 2 heterocycles. The van der Waals surface area contributed by atoms with E-state index < -0.39 is 11.6 Å². The van der Waals surface area contributed by atoms with E-state index in [0.717, 1.165) is 17.4 Å². The highest BCUT2D eigenvalue weighted by Crippen LogP contribution is 2.32.